The molecule has 2 rings (SSSR count). The van der Waals surface area contributed by atoms with Crippen LogP contribution in [-0.2, 0) is 0 Å². The molecule has 1 saturated heterocycles. The lowest BCUT2D eigenvalue weighted by molar-refractivity contribution is 0.793. The summed E-state index contributed by atoms with van der Waals surface area (Å²) >= 11 is 1.79. The van der Waals surface area contributed by atoms with Crippen LogP contribution in [0.15, 0.2) is 29.2 Å². The van der Waals surface area contributed by atoms with Crippen LogP contribution in [0.4, 0.5) is 5.69 Å². The maximum absolute atomic E-state index is 3.54. The molecule has 14 heavy (non-hydrogen) atoms. The van der Waals surface area contributed by atoms with Gasteiger partial charge in [0.25, 0.3) is 0 Å². The smallest absolute Gasteiger partial charge is 0.0398 e. The minimum Gasteiger partial charge on any atom is -0.381 e. The zero-order valence-corrected chi connectivity index (χ0v) is 9.23. The van der Waals surface area contributed by atoms with E-state index < -0.39 is 0 Å². The fourth-order valence-corrected chi connectivity index (χ4v) is 2.19. The van der Waals surface area contributed by atoms with E-state index in [1.165, 1.54) is 17.0 Å². The van der Waals surface area contributed by atoms with Gasteiger partial charge in [0.1, 0.15) is 0 Å². The number of anilines is 1. The second-order valence-electron chi connectivity index (χ2n) is 3.57. The topological polar surface area (TPSA) is 24.1 Å². The fourth-order valence-electron chi connectivity index (χ4n) is 1.73. The lowest BCUT2D eigenvalue weighted by Crippen LogP contribution is -2.21. The number of hydrogen-bond acceptors (Lipinski definition) is 3. The third-order valence-corrected chi connectivity index (χ3v) is 3.23. The highest BCUT2D eigenvalue weighted by molar-refractivity contribution is 7.98. The number of hydrogen-bond donors (Lipinski definition) is 2. The molecule has 0 spiro atoms. The molecule has 0 amide bonds. The standard InChI is InChI=1S/C11H16N2S/c1-14-11-4-2-3-9(7-11)13-10-5-6-12-8-10/h2-4,7,10,12-13H,5-6,8H2,1H3. The van der Waals surface area contributed by atoms with E-state index in [0.717, 1.165) is 13.1 Å². The van der Waals surface area contributed by atoms with E-state index in [1.54, 1.807) is 11.8 Å². The third kappa shape index (κ3) is 2.42. The molecule has 2 N–H and O–H groups in total. The monoisotopic (exact) mass is 208 g/mol. The van der Waals surface area contributed by atoms with Crippen molar-refractivity contribution in [2.75, 3.05) is 24.7 Å². The Morgan fingerprint density at radius 3 is 3.14 bits per heavy atom. The molecule has 1 heterocycles. The molecule has 0 saturated carbocycles. The van der Waals surface area contributed by atoms with Gasteiger partial charge in [-0.1, -0.05) is 6.07 Å². The Balaban J connectivity index is 2.00. The summed E-state index contributed by atoms with van der Waals surface area (Å²) in [5.74, 6) is 0. The molecule has 76 valence electrons. The summed E-state index contributed by atoms with van der Waals surface area (Å²) in [6.45, 7) is 2.23. The lowest BCUT2D eigenvalue weighted by atomic mass is 10.2. The van der Waals surface area contributed by atoms with Crippen molar-refractivity contribution in [3.05, 3.63) is 24.3 Å². The van der Waals surface area contributed by atoms with Crippen LogP contribution in [0.1, 0.15) is 6.42 Å². The quantitative estimate of drug-likeness (QED) is 0.745. The second kappa shape index (κ2) is 4.71. The van der Waals surface area contributed by atoms with Gasteiger partial charge in [0.05, 0.1) is 0 Å². The number of benzene rings is 1. The molecule has 1 aromatic carbocycles. The molecule has 1 aliphatic rings. The summed E-state index contributed by atoms with van der Waals surface area (Å²) < 4.78 is 0. The lowest BCUT2D eigenvalue weighted by Gasteiger charge is -2.13. The van der Waals surface area contributed by atoms with E-state index in [-0.39, 0.29) is 0 Å². The van der Waals surface area contributed by atoms with Gasteiger partial charge in [0, 0.05) is 23.2 Å². The number of thioether (sulfide) groups is 1. The summed E-state index contributed by atoms with van der Waals surface area (Å²) in [6.07, 6.45) is 3.33. The SMILES string of the molecule is CSc1cccc(NC2CCNC2)c1. The first-order valence-corrected chi connectivity index (χ1v) is 6.22. The maximum atomic E-state index is 3.54. The first kappa shape index (κ1) is 9.87. The van der Waals surface area contributed by atoms with Crippen molar-refractivity contribution in [2.45, 2.75) is 17.4 Å². The van der Waals surface area contributed by atoms with E-state index in [9.17, 15) is 0 Å². The van der Waals surface area contributed by atoms with Crippen LogP contribution in [0.5, 0.6) is 0 Å². The molecule has 0 aliphatic carbocycles. The summed E-state index contributed by atoms with van der Waals surface area (Å²) in [7, 11) is 0. The molecule has 1 unspecified atom stereocenters. The van der Waals surface area contributed by atoms with E-state index in [2.05, 4.69) is 41.2 Å². The van der Waals surface area contributed by atoms with Crippen molar-refractivity contribution in [1.82, 2.24) is 5.32 Å². The fraction of sp³-hybridized carbons (Fsp3) is 0.455. The van der Waals surface area contributed by atoms with Gasteiger partial charge in [-0.15, -0.1) is 11.8 Å². The van der Waals surface area contributed by atoms with E-state index in [0.29, 0.717) is 6.04 Å². The highest BCUT2D eigenvalue weighted by Crippen LogP contribution is 2.20. The molecular formula is C11H16N2S. The van der Waals surface area contributed by atoms with E-state index >= 15 is 0 Å². The minimum absolute atomic E-state index is 0.604. The molecule has 0 aromatic heterocycles. The summed E-state index contributed by atoms with van der Waals surface area (Å²) in [6, 6.07) is 9.20. The van der Waals surface area contributed by atoms with Crippen LogP contribution in [-0.4, -0.2) is 25.4 Å². The molecule has 1 aliphatic heterocycles. The molecule has 0 radical (unpaired) electrons. The van der Waals surface area contributed by atoms with Crippen molar-refractivity contribution < 1.29 is 0 Å². The Labute approximate surface area is 89.5 Å². The predicted octanol–water partition coefficient (Wildman–Crippen LogP) is 2.18. The Bertz CT molecular complexity index is 295. The maximum Gasteiger partial charge on any atom is 0.0398 e. The highest BCUT2D eigenvalue weighted by atomic mass is 32.2. The molecule has 3 heteroatoms. The van der Waals surface area contributed by atoms with Gasteiger partial charge in [-0.05, 0) is 37.4 Å². The number of nitrogens with one attached hydrogen (secondary N) is 2. The van der Waals surface area contributed by atoms with Crippen LogP contribution < -0.4 is 10.6 Å². The molecular weight excluding hydrogens is 192 g/mol. The van der Waals surface area contributed by atoms with Crippen molar-refractivity contribution in [2.24, 2.45) is 0 Å². The first-order chi connectivity index (χ1) is 6.88. The van der Waals surface area contributed by atoms with Crippen molar-refractivity contribution in [3.8, 4) is 0 Å². The van der Waals surface area contributed by atoms with Crippen LogP contribution in [0.25, 0.3) is 0 Å². The Hall–Kier alpha value is -0.670. The zero-order chi connectivity index (χ0) is 9.80. The molecule has 1 fully saturated rings. The van der Waals surface area contributed by atoms with Gasteiger partial charge >= 0.3 is 0 Å². The first-order valence-electron chi connectivity index (χ1n) is 5.00. The Kier molecular flexibility index (Phi) is 3.32. The average Bonchev–Trinajstić information content (AvgIpc) is 2.71. The van der Waals surface area contributed by atoms with Gasteiger partial charge in [0.2, 0.25) is 0 Å². The van der Waals surface area contributed by atoms with Gasteiger partial charge < -0.3 is 10.6 Å². The van der Waals surface area contributed by atoms with E-state index in [4.69, 9.17) is 0 Å². The highest BCUT2D eigenvalue weighted by Gasteiger charge is 2.13. The molecule has 0 bridgehead atoms. The summed E-state index contributed by atoms with van der Waals surface area (Å²) in [5.41, 5.74) is 1.24. The van der Waals surface area contributed by atoms with Gasteiger partial charge in [-0.25, -0.2) is 0 Å². The van der Waals surface area contributed by atoms with Crippen molar-refractivity contribution in [1.29, 1.82) is 0 Å². The van der Waals surface area contributed by atoms with Crippen LogP contribution in [0, 0.1) is 0 Å². The third-order valence-electron chi connectivity index (χ3n) is 2.50. The van der Waals surface area contributed by atoms with Crippen molar-refractivity contribution in [3.63, 3.8) is 0 Å². The van der Waals surface area contributed by atoms with Gasteiger partial charge in [-0.2, -0.15) is 0 Å². The zero-order valence-electron chi connectivity index (χ0n) is 8.42. The summed E-state index contributed by atoms with van der Waals surface area (Å²) in [5, 5.41) is 6.89. The number of rotatable bonds is 3. The normalized spacial score (nSPS) is 21.1. The van der Waals surface area contributed by atoms with Crippen LogP contribution >= 0.6 is 11.8 Å². The predicted molar refractivity (Wildman–Crippen MR) is 63.1 cm³/mol. The average molecular weight is 208 g/mol. The Morgan fingerprint density at radius 2 is 2.43 bits per heavy atom. The van der Waals surface area contributed by atoms with E-state index in [1.807, 2.05) is 0 Å². The second-order valence-corrected chi connectivity index (χ2v) is 4.45. The molecule has 1 atom stereocenters. The largest absolute Gasteiger partial charge is 0.381 e. The molecule has 2 nitrogen and oxygen atoms in total. The van der Waals surface area contributed by atoms with Crippen molar-refractivity contribution >= 4 is 17.4 Å². The molecule has 1 aromatic rings. The van der Waals surface area contributed by atoms with Gasteiger partial charge in [-0.3, -0.25) is 0 Å². The van der Waals surface area contributed by atoms with Crippen LogP contribution in [0.3, 0.4) is 0 Å². The summed E-state index contributed by atoms with van der Waals surface area (Å²) in [4.78, 5) is 1.32. The van der Waals surface area contributed by atoms with Crippen LogP contribution in [0.2, 0.25) is 0 Å². The minimum atomic E-state index is 0.604. The Morgan fingerprint density at radius 1 is 1.50 bits per heavy atom. The van der Waals surface area contributed by atoms with Gasteiger partial charge in [0.15, 0.2) is 0 Å².